The number of rotatable bonds is 4. The molecule has 0 atom stereocenters. The molecule has 8 nitrogen and oxygen atoms in total. The summed E-state index contributed by atoms with van der Waals surface area (Å²) in [5, 5.41) is 2.94. The van der Waals surface area contributed by atoms with Crippen LogP contribution in [0.25, 0.3) is 0 Å². The molecule has 5 rings (SSSR count). The molecule has 2 aromatic carbocycles. The van der Waals surface area contributed by atoms with Gasteiger partial charge in [0.1, 0.15) is 13.2 Å². The normalized spacial score (nSPS) is 17.5. The summed E-state index contributed by atoms with van der Waals surface area (Å²) < 4.78 is 27.9. The van der Waals surface area contributed by atoms with Crippen molar-refractivity contribution in [1.82, 2.24) is 0 Å². The van der Waals surface area contributed by atoms with Gasteiger partial charge < -0.3 is 29.0 Å². The zero-order chi connectivity index (χ0) is 21.4. The molecule has 1 N–H and O–H groups in total. The van der Waals surface area contributed by atoms with E-state index in [0.29, 0.717) is 41.9 Å². The zero-order valence-electron chi connectivity index (χ0n) is 16.6. The maximum absolute atomic E-state index is 12.3. The van der Waals surface area contributed by atoms with Gasteiger partial charge in [0.15, 0.2) is 29.6 Å². The van der Waals surface area contributed by atoms with Crippen LogP contribution in [-0.2, 0) is 9.53 Å². The Morgan fingerprint density at radius 1 is 1.00 bits per heavy atom. The molecule has 0 saturated heterocycles. The van der Waals surface area contributed by atoms with E-state index in [2.05, 4.69) is 5.32 Å². The summed E-state index contributed by atoms with van der Waals surface area (Å²) in [6.07, 6.45) is 3.83. The summed E-state index contributed by atoms with van der Waals surface area (Å²) >= 11 is 6.14. The van der Waals surface area contributed by atoms with Crippen LogP contribution >= 0.6 is 11.6 Å². The summed E-state index contributed by atoms with van der Waals surface area (Å²) in [6, 6.07) is 8.10. The van der Waals surface area contributed by atoms with E-state index in [1.165, 1.54) is 12.1 Å². The van der Waals surface area contributed by atoms with Gasteiger partial charge in [-0.2, -0.15) is 0 Å². The fourth-order valence-corrected chi connectivity index (χ4v) is 4.19. The van der Waals surface area contributed by atoms with E-state index >= 15 is 0 Å². The average Bonchev–Trinajstić information content (AvgIpc) is 3.37. The van der Waals surface area contributed by atoms with E-state index < -0.39 is 24.3 Å². The number of fused-ring (bicyclic) bond motifs is 2. The summed E-state index contributed by atoms with van der Waals surface area (Å²) in [6.45, 7) is 0.293. The van der Waals surface area contributed by atoms with Crippen LogP contribution in [0.4, 0.5) is 5.69 Å². The first kappa shape index (κ1) is 19.8. The van der Waals surface area contributed by atoms with Gasteiger partial charge in [-0.3, -0.25) is 4.79 Å². The number of ether oxygens (including phenoxy) is 5. The number of hydrogen-bond donors (Lipinski definition) is 1. The van der Waals surface area contributed by atoms with E-state index in [9.17, 15) is 9.59 Å². The molecule has 0 radical (unpaired) electrons. The van der Waals surface area contributed by atoms with Gasteiger partial charge in [-0.1, -0.05) is 11.6 Å². The lowest BCUT2D eigenvalue weighted by molar-refractivity contribution is -0.119. The Morgan fingerprint density at radius 3 is 2.61 bits per heavy atom. The average molecular weight is 446 g/mol. The molecule has 3 aliphatic rings. The van der Waals surface area contributed by atoms with E-state index in [1.54, 1.807) is 18.2 Å². The Kier molecular flexibility index (Phi) is 5.02. The van der Waals surface area contributed by atoms with Crippen LogP contribution in [0.15, 0.2) is 30.3 Å². The predicted octanol–water partition coefficient (Wildman–Crippen LogP) is 3.95. The van der Waals surface area contributed by atoms with Crippen LogP contribution in [0.3, 0.4) is 0 Å². The second-order valence-corrected chi connectivity index (χ2v) is 8.00. The van der Waals surface area contributed by atoms with Gasteiger partial charge in [-0.25, -0.2) is 4.79 Å². The highest BCUT2D eigenvalue weighted by atomic mass is 35.5. The number of carbonyl (C=O) groups is 2. The van der Waals surface area contributed by atoms with Crippen LogP contribution < -0.4 is 24.3 Å². The van der Waals surface area contributed by atoms with Crippen LogP contribution in [0.5, 0.6) is 23.0 Å². The van der Waals surface area contributed by atoms with Gasteiger partial charge in [0.25, 0.3) is 11.7 Å². The number of carbonyl (C=O) groups excluding carboxylic acids is 2. The first-order valence-corrected chi connectivity index (χ1v) is 10.5. The minimum Gasteiger partial charge on any atom is -0.486 e. The third-order valence-electron chi connectivity index (χ3n) is 5.35. The molecule has 2 aliphatic heterocycles. The lowest BCUT2D eigenvalue weighted by Crippen LogP contribution is -2.34. The van der Waals surface area contributed by atoms with E-state index in [0.717, 1.165) is 25.7 Å². The molecule has 1 aliphatic carbocycles. The molecule has 0 unspecified atom stereocenters. The number of benzene rings is 2. The molecule has 9 heteroatoms. The van der Waals surface area contributed by atoms with Crippen LogP contribution in [0.1, 0.15) is 36.0 Å². The Balaban J connectivity index is 1.18. The SMILES string of the molecule is O=C(COC(=O)c1cc(Cl)c2c(c1)OCCO2)Nc1ccc2c(c1)OC1(CCCC1)O2. The number of anilines is 1. The monoisotopic (exact) mass is 445 g/mol. The van der Waals surface area contributed by atoms with Crippen molar-refractivity contribution in [2.75, 3.05) is 25.1 Å². The largest absolute Gasteiger partial charge is 0.486 e. The lowest BCUT2D eigenvalue weighted by atomic mass is 10.2. The Hall–Kier alpha value is -3.13. The summed E-state index contributed by atoms with van der Waals surface area (Å²) in [4.78, 5) is 24.6. The van der Waals surface area contributed by atoms with E-state index in [4.69, 9.17) is 35.3 Å². The zero-order valence-corrected chi connectivity index (χ0v) is 17.3. The van der Waals surface area contributed by atoms with Crippen molar-refractivity contribution in [1.29, 1.82) is 0 Å². The highest BCUT2D eigenvalue weighted by Crippen LogP contribution is 2.47. The molecule has 1 amide bonds. The predicted molar refractivity (Wildman–Crippen MR) is 110 cm³/mol. The second kappa shape index (κ2) is 7.85. The molecule has 1 fully saturated rings. The van der Waals surface area contributed by atoms with Crippen molar-refractivity contribution in [2.24, 2.45) is 0 Å². The molecule has 162 valence electrons. The van der Waals surface area contributed by atoms with Crippen molar-refractivity contribution in [2.45, 2.75) is 31.5 Å². The molecule has 1 spiro atoms. The van der Waals surface area contributed by atoms with Gasteiger partial charge in [0.05, 0.1) is 10.6 Å². The standard InChI is InChI=1S/C22H20ClNO7/c23-15-9-13(10-18-20(15)28-8-7-27-18)21(26)29-12-19(25)24-14-3-4-16-17(11-14)31-22(30-16)5-1-2-6-22/h3-4,9-11H,1-2,5-8,12H2,(H,24,25). The first-order chi connectivity index (χ1) is 15.0. The highest BCUT2D eigenvalue weighted by Gasteiger charge is 2.44. The third kappa shape index (κ3) is 3.95. The first-order valence-electron chi connectivity index (χ1n) is 10.1. The molecule has 0 bridgehead atoms. The van der Waals surface area contributed by atoms with Gasteiger partial charge in [-0.05, 0) is 37.1 Å². The molecule has 2 heterocycles. The maximum Gasteiger partial charge on any atom is 0.338 e. The van der Waals surface area contributed by atoms with Gasteiger partial charge in [0.2, 0.25) is 0 Å². The lowest BCUT2D eigenvalue weighted by Gasteiger charge is -2.21. The second-order valence-electron chi connectivity index (χ2n) is 7.59. The minimum atomic E-state index is -0.692. The van der Waals surface area contributed by atoms with E-state index in [1.807, 2.05) is 0 Å². The molecule has 2 aromatic rings. The van der Waals surface area contributed by atoms with Crippen LogP contribution in [0.2, 0.25) is 5.02 Å². The number of nitrogens with one attached hydrogen (secondary N) is 1. The topological polar surface area (TPSA) is 92.3 Å². The maximum atomic E-state index is 12.3. The van der Waals surface area contributed by atoms with Crippen molar-refractivity contribution in [3.05, 3.63) is 40.9 Å². The van der Waals surface area contributed by atoms with Crippen molar-refractivity contribution in [3.63, 3.8) is 0 Å². The Labute approximate surface area is 183 Å². The third-order valence-corrected chi connectivity index (χ3v) is 5.63. The summed E-state index contributed by atoms with van der Waals surface area (Å²) in [5.74, 6) is 0.296. The molecule has 0 aromatic heterocycles. The number of hydrogen-bond acceptors (Lipinski definition) is 7. The molecule has 31 heavy (non-hydrogen) atoms. The van der Waals surface area contributed by atoms with Gasteiger partial charge >= 0.3 is 5.97 Å². The minimum absolute atomic E-state index is 0.173. The molecular formula is C22H20ClNO7. The summed E-state index contributed by atoms with van der Waals surface area (Å²) in [7, 11) is 0. The smallest absolute Gasteiger partial charge is 0.338 e. The van der Waals surface area contributed by atoms with Crippen molar-refractivity contribution < 1.29 is 33.3 Å². The Bertz CT molecular complexity index is 1050. The quantitative estimate of drug-likeness (QED) is 0.712. The van der Waals surface area contributed by atoms with Crippen LogP contribution in [-0.4, -0.2) is 37.5 Å². The van der Waals surface area contributed by atoms with Crippen LogP contribution in [0, 0.1) is 0 Å². The van der Waals surface area contributed by atoms with Gasteiger partial charge in [0, 0.05) is 24.6 Å². The number of halogens is 1. The fourth-order valence-electron chi connectivity index (χ4n) is 3.93. The number of amides is 1. The van der Waals surface area contributed by atoms with E-state index in [-0.39, 0.29) is 10.6 Å². The van der Waals surface area contributed by atoms with Crippen molar-refractivity contribution in [3.8, 4) is 23.0 Å². The Morgan fingerprint density at radius 2 is 1.77 bits per heavy atom. The summed E-state index contributed by atoms with van der Waals surface area (Å²) in [5.41, 5.74) is 0.702. The fraction of sp³-hybridized carbons (Fsp3) is 0.364. The highest BCUT2D eigenvalue weighted by molar-refractivity contribution is 6.32. The molecule has 1 saturated carbocycles. The van der Waals surface area contributed by atoms with Crippen molar-refractivity contribution >= 4 is 29.2 Å². The van der Waals surface area contributed by atoms with Gasteiger partial charge in [-0.15, -0.1) is 0 Å². The molecular weight excluding hydrogens is 426 g/mol. The number of esters is 1.